The molecule has 0 fully saturated rings. The van der Waals surface area contributed by atoms with E-state index in [1.165, 1.54) is 6.07 Å². The molecule has 1 aromatic rings. The van der Waals surface area contributed by atoms with Gasteiger partial charge in [-0.1, -0.05) is 6.08 Å². The van der Waals surface area contributed by atoms with E-state index in [-0.39, 0.29) is 30.9 Å². The van der Waals surface area contributed by atoms with Gasteiger partial charge >= 0.3 is 6.18 Å². The Morgan fingerprint density at radius 2 is 2.12 bits per heavy atom. The number of nitrogens with zero attached hydrogens (tertiary/aromatic N) is 3. The summed E-state index contributed by atoms with van der Waals surface area (Å²) in [4.78, 5) is 10.6. The maximum absolute atomic E-state index is 12.8. The molecule has 140 valence electrons. The molecular weight excluding hydrogens is 349 g/mol. The zero-order valence-corrected chi connectivity index (χ0v) is 14.0. The highest BCUT2D eigenvalue weighted by Gasteiger charge is 2.38. The second-order valence-corrected chi connectivity index (χ2v) is 5.90. The molecule has 2 aliphatic heterocycles. The fourth-order valence-corrected chi connectivity index (χ4v) is 3.06. The van der Waals surface area contributed by atoms with Crippen LogP contribution in [-0.2, 0) is 6.18 Å². The number of hydrogen-bond acceptors (Lipinski definition) is 5. The number of phenolic OH excluding ortho intramolecular Hbond substituents is 1. The Morgan fingerprint density at radius 1 is 1.35 bits per heavy atom. The molecule has 0 amide bonds. The van der Waals surface area contributed by atoms with Gasteiger partial charge in [0.15, 0.2) is 0 Å². The van der Waals surface area contributed by atoms with Crippen molar-refractivity contribution in [3.05, 3.63) is 41.5 Å². The molecule has 0 aromatic heterocycles. The van der Waals surface area contributed by atoms with Gasteiger partial charge < -0.3 is 20.4 Å². The monoisotopic (exact) mass is 368 g/mol. The fourth-order valence-electron chi connectivity index (χ4n) is 3.06. The zero-order valence-electron chi connectivity index (χ0n) is 14.0. The zero-order chi connectivity index (χ0) is 18.9. The maximum Gasteiger partial charge on any atom is 0.416 e. The lowest BCUT2D eigenvalue weighted by Crippen LogP contribution is -2.48. The Hall–Kier alpha value is -2.55. The largest absolute Gasteiger partial charge is 0.507 e. The van der Waals surface area contributed by atoms with E-state index in [2.05, 4.69) is 15.3 Å². The molecule has 2 atom stereocenters. The van der Waals surface area contributed by atoms with Crippen LogP contribution in [0, 0.1) is 0 Å². The first-order valence-electron chi connectivity index (χ1n) is 8.20. The van der Waals surface area contributed by atoms with E-state index in [0.29, 0.717) is 24.3 Å². The number of hydrogen-bond donors (Lipinski definition) is 3. The number of nitrogens with one attached hydrogen (secondary N) is 1. The summed E-state index contributed by atoms with van der Waals surface area (Å²) in [6, 6.07) is 2.75. The first-order chi connectivity index (χ1) is 12.3. The number of aliphatic imine (C=N–C) groups is 2. The van der Waals surface area contributed by atoms with Crippen molar-refractivity contribution >= 4 is 11.7 Å². The molecule has 2 unspecified atom stereocenters. The first kappa shape index (κ1) is 18.2. The van der Waals surface area contributed by atoms with Gasteiger partial charge in [0.05, 0.1) is 30.3 Å². The Bertz CT molecular complexity index is 774. The molecule has 0 saturated carbocycles. The summed E-state index contributed by atoms with van der Waals surface area (Å²) in [5.74, 6) is 0.543. The van der Waals surface area contributed by atoms with E-state index in [4.69, 9.17) is 5.11 Å². The smallest absolute Gasteiger partial charge is 0.416 e. The van der Waals surface area contributed by atoms with E-state index in [1.807, 2.05) is 17.9 Å². The molecule has 6 nitrogen and oxygen atoms in total. The lowest BCUT2D eigenvalue weighted by atomic mass is 10.1. The van der Waals surface area contributed by atoms with Crippen LogP contribution in [0.25, 0.3) is 0 Å². The van der Waals surface area contributed by atoms with Gasteiger partial charge in [-0.05, 0) is 31.2 Å². The average Bonchev–Trinajstić information content (AvgIpc) is 2.96. The summed E-state index contributed by atoms with van der Waals surface area (Å²) in [5.41, 5.74) is -0.660. The van der Waals surface area contributed by atoms with Gasteiger partial charge in [0.2, 0.25) is 0 Å². The predicted octanol–water partition coefficient (Wildman–Crippen LogP) is 1.74. The van der Waals surface area contributed by atoms with Crippen LogP contribution in [0.2, 0.25) is 0 Å². The quantitative estimate of drug-likeness (QED) is 0.756. The lowest BCUT2D eigenvalue weighted by Gasteiger charge is -2.30. The molecule has 9 heteroatoms. The normalized spacial score (nSPS) is 23.8. The van der Waals surface area contributed by atoms with Crippen molar-refractivity contribution < 1.29 is 23.4 Å². The fraction of sp³-hybridized carbons (Fsp3) is 0.412. The molecule has 3 rings (SSSR count). The highest BCUT2D eigenvalue weighted by molar-refractivity contribution is 6.04. The van der Waals surface area contributed by atoms with Crippen LogP contribution in [0.15, 0.2) is 40.3 Å². The van der Waals surface area contributed by atoms with Gasteiger partial charge in [0.1, 0.15) is 23.6 Å². The lowest BCUT2D eigenvalue weighted by molar-refractivity contribution is -0.137. The molecule has 1 aromatic carbocycles. The second kappa shape index (κ2) is 6.99. The van der Waals surface area contributed by atoms with Crippen molar-refractivity contribution in [1.29, 1.82) is 0 Å². The van der Waals surface area contributed by atoms with E-state index < -0.39 is 17.5 Å². The van der Waals surface area contributed by atoms with Crippen molar-refractivity contribution in [1.82, 2.24) is 10.2 Å². The van der Waals surface area contributed by atoms with Gasteiger partial charge in [-0.25, -0.2) is 4.99 Å². The van der Waals surface area contributed by atoms with Crippen LogP contribution >= 0.6 is 0 Å². The Balaban J connectivity index is 1.92. The van der Waals surface area contributed by atoms with Crippen molar-refractivity contribution in [2.24, 2.45) is 9.98 Å². The van der Waals surface area contributed by atoms with Crippen molar-refractivity contribution in [2.45, 2.75) is 25.3 Å². The third-order valence-corrected chi connectivity index (χ3v) is 4.25. The summed E-state index contributed by atoms with van der Waals surface area (Å²) in [7, 11) is 0. The number of aliphatic hydroxyl groups is 1. The van der Waals surface area contributed by atoms with Crippen LogP contribution in [-0.4, -0.2) is 58.7 Å². The third-order valence-electron chi connectivity index (χ3n) is 4.25. The van der Waals surface area contributed by atoms with E-state index in [1.54, 1.807) is 6.08 Å². The number of aromatic hydroxyl groups is 1. The molecule has 0 aliphatic carbocycles. The van der Waals surface area contributed by atoms with Crippen LogP contribution < -0.4 is 5.32 Å². The number of phenols is 1. The van der Waals surface area contributed by atoms with Crippen LogP contribution in [0.5, 0.6) is 5.75 Å². The number of halogens is 3. The van der Waals surface area contributed by atoms with Crippen LogP contribution in [0.4, 0.5) is 13.2 Å². The number of aliphatic hydroxyl groups excluding tert-OH is 1. The number of amidine groups is 2. The molecule has 0 saturated heterocycles. The molecule has 0 spiro atoms. The van der Waals surface area contributed by atoms with Gasteiger partial charge in [0, 0.05) is 6.54 Å². The first-order valence-corrected chi connectivity index (χ1v) is 8.20. The van der Waals surface area contributed by atoms with E-state index >= 15 is 0 Å². The van der Waals surface area contributed by atoms with Crippen molar-refractivity contribution in [3.63, 3.8) is 0 Å². The minimum atomic E-state index is -4.52. The van der Waals surface area contributed by atoms with E-state index in [9.17, 15) is 18.3 Å². The van der Waals surface area contributed by atoms with E-state index in [0.717, 1.165) is 6.07 Å². The number of likely N-dealkylation sites (N-methyl/N-ethyl adjacent to an activating group) is 1. The number of alkyl halides is 3. The number of fused-ring (bicyclic) bond motifs is 1. The number of rotatable bonds is 4. The molecule has 2 aliphatic rings. The predicted molar refractivity (Wildman–Crippen MR) is 91.3 cm³/mol. The van der Waals surface area contributed by atoms with Gasteiger partial charge in [-0.3, -0.25) is 4.99 Å². The standard InChI is InChI=1S/C17H19F3N4O2/c1-2-24-12-5-6-14(21-7-8-25)22-15(12)23-16(24)11-4-3-10(9-13(11)26)17(18,19)20/h3-6,9,12,15,25-26H,2,7-8H2,1H3,(H,21,22). The molecular formula is C17H19F3N4O2. The van der Waals surface area contributed by atoms with Gasteiger partial charge in [0.25, 0.3) is 0 Å². The molecule has 2 heterocycles. The molecule has 26 heavy (non-hydrogen) atoms. The SMILES string of the molecule is CCN1C(c2ccc(C(F)(F)F)cc2O)=NC2NC(=NCCO)C=CC21. The van der Waals surface area contributed by atoms with Crippen molar-refractivity contribution in [2.75, 3.05) is 19.7 Å². The van der Waals surface area contributed by atoms with Crippen LogP contribution in [0.1, 0.15) is 18.1 Å². The minimum Gasteiger partial charge on any atom is -0.507 e. The van der Waals surface area contributed by atoms with Crippen LogP contribution in [0.3, 0.4) is 0 Å². The average molecular weight is 368 g/mol. The Labute approximate surface area is 148 Å². The van der Waals surface area contributed by atoms with Gasteiger partial charge in [-0.2, -0.15) is 13.2 Å². The Kier molecular flexibility index (Phi) is 4.90. The topological polar surface area (TPSA) is 80.5 Å². The summed E-state index contributed by atoms with van der Waals surface area (Å²) in [6.07, 6.45) is -1.20. The van der Waals surface area contributed by atoms with Gasteiger partial charge in [-0.15, -0.1) is 0 Å². The minimum absolute atomic E-state index is 0.0673. The number of benzene rings is 1. The maximum atomic E-state index is 12.8. The molecule has 3 N–H and O–H groups in total. The highest BCUT2D eigenvalue weighted by atomic mass is 19.4. The molecule has 0 radical (unpaired) electrons. The summed E-state index contributed by atoms with van der Waals surface area (Å²) < 4.78 is 38.4. The second-order valence-electron chi connectivity index (χ2n) is 5.90. The summed E-state index contributed by atoms with van der Waals surface area (Å²) in [5, 5.41) is 22.1. The highest BCUT2D eigenvalue weighted by Crippen LogP contribution is 2.34. The summed E-state index contributed by atoms with van der Waals surface area (Å²) >= 11 is 0. The molecule has 0 bridgehead atoms. The Morgan fingerprint density at radius 3 is 2.73 bits per heavy atom. The van der Waals surface area contributed by atoms with Crippen molar-refractivity contribution in [3.8, 4) is 5.75 Å². The third kappa shape index (κ3) is 3.39. The summed E-state index contributed by atoms with van der Waals surface area (Å²) in [6.45, 7) is 2.66.